The molecule has 2 aliphatic heterocycles. The third kappa shape index (κ3) is 2.08. The Morgan fingerprint density at radius 3 is 2.88 bits per heavy atom. The minimum Gasteiger partial charge on any atom is -0.381 e. The molecule has 0 saturated carbocycles. The van der Waals surface area contributed by atoms with E-state index < -0.39 is 19.3 Å². The highest BCUT2D eigenvalue weighted by atomic mass is 31.2. The second-order valence-corrected chi connectivity index (χ2v) is 6.24. The van der Waals surface area contributed by atoms with Crippen LogP contribution in [0.3, 0.4) is 0 Å². The van der Waals surface area contributed by atoms with Crippen molar-refractivity contribution >= 4 is 15.4 Å². The first-order chi connectivity index (χ1) is 7.38. The summed E-state index contributed by atoms with van der Waals surface area (Å²) in [4.78, 5) is 9.29. The maximum absolute atomic E-state index is 11.3. The van der Waals surface area contributed by atoms with Crippen molar-refractivity contribution in [3.63, 3.8) is 0 Å². The fraction of sp³-hybridized carbons (Fsp3) is 1.00. The smallest absolute Gasteiger partial charge is 0.325 e. The van der Waals surface area contributed by atoms with Gasteiger partial charge in [-0.25, -0.2) is 0 Å². The van der Waals surface area contributed by atoms with Gasteiger partial charge >= 0.3 is 7.60 Å². The molecule has 1 N–H and O–H groups in total. The second kappa shape index (κ2) is 4.08. The van der Waals surface area contributed by atoms with Gasteiger partial charge in [-0.1, -0.05) is 0 Å². The van der Waals surface area contributed by atoms with Crippen molar-refractivity contribution in [2.45, 2.75) is 23.8 Å². The topological polar surface area (TPSA) is 74.2 Å². The molecule has 16 heavy (non-hydrogen) atoms. The summed E-state index contributed by atoms with van der Waals surface area (Å²) in [7, 11) is -0.150. The largest absolute Gasteiger partial charge is 0.381 e. The van der Waals surface area contributed by atoms with Crippen molar-refractivity contribution < 1.29 is 28.2 Å². The van der Waals surface area contributed by atoms with E-state index in [2.05, 4.69) is 0 Å². The van der Waals surface area contributed by atoms with Crippen LogP contribution in [-0.4, -0.2) is 63.5 Å². The highest BCUT2D eigenvalue weighted by Crippen LogP contribution is 2.49. The summed E-state index contributed by atoms with van der Waals surface area (Å²) in [6.45, 7) is 1.79. The molecule has 2 rings (SSSR count). The fourth-order valence-electron chi connectivity index (χ4n) is 2.40. The highest BCUT2D eigenvalue weighted by molar-refractivity contribution is 7.51. The Morgan fingerprint density at radius 2 is 2.38 bits per heavy atom. The standard InChI is InChI=1S/C8H16BO6P/c1-12-3-8-4-13-5(7(9)14-8)6(8)15-16(2,10)11/h5-7H,3-4,9H2,1-2H3,(H,10,11)/t5?,6-,7-,8+/m1/s1. The zero-order valence-electron chi connectivity index (χ0n) is 9.58. The maximum atomic E-state index is 11.3. The SMILES string of the molecule is B[C@@H]1O[C@@]2(COC)COC1[C@H]2OP(C)(=O)O. The van der Waals surface area contributed by atoms with Gasteiger partial charge < -0.3 is 19.1 Å². The van der Waals surface area contributed by atoms with Gasteiger partial charge in [0.2, 0.25) is 0 Å². The summed E-state index contributed by atoms with van der Waals surface area (Å²) in [5, 5.41) is 0. The lowest BCUT2D eigenvalue weighted by Gasteiger charge is -2.30. The van der Waals surface area contributed by atoms with Crippen LogP contribution >= 0.6 is 7.60 Å². The third-order valence-corrected chi connectivity index (χ3v) is 3.54. The van der Waals surface area contributed by atoms with Crippen LogP contribution in [0.15, 0.2) is 0 Å². The number of methoxy groups -OCH3 is 1. The van der Waals surface area contributed by atoms with Gasteiger partial charge in [-0.3, -0.25) is 9.09 Å². The number of hydrogen-bond acceptors (Lipinski definition) is 5. The van der Waals surface area contributed by atoms with E-state index in [0.29, 0.717) is 13.2 Å². The zero-order chi connectivity index (χ0) is 12.0. The molecule has 0 aromatic heterocycles. The normalized spacial score (nSPS) is 45.8. The summed E-state index contributed by atoms with van der Waals surface area (Å²) in [5.41, 5.74) is -0.743. The van der Waals surface area contributed by atoms with Crippen LogP contribution < -0.4 is 0 Å². The number of ether oxygens (including phenoxy) is 3. The summed E-state index contributed by atoms with van der Waals surface area (Å²) in [6.07, 6.45) is -0.834. The Hall–Kier alpha value is 0.0949. The van der Waals surface area contributed by atoms with Gasteiger partial charge in [-0.2, -0.15) is 0 Å². The summed E-state index contributed by atoms with van der Waals surface area (Å²) in [6, 6.07) is -0.152. The predicted molar refractivity (Wildman–Crippen MR) is 58.4 cm³/mol. The van der Waals surface area contributed by atoms with Crippen molar-refractivity contribution in [2.24, 2.45) is 0 Å². The first kappa shape index (κ1) is 12.5. The van der Waals surface area contributed by atoms with Crippen molar-refractivity contribution in [3.05, 3.63) is 0 Å². The van der Waals surface area contributed by atoms with Crippen molar-refractivity contribution in [3.8, 4) is 0 Å². The molecule has 0 aromatic carbocycles. The Balaban J connectivity index is 2.19. The molecule has 2 bridgehead atoms. The summed E-state index contributed by atoms with van der Waals surface area (Å²) in [5.74, 6) is 0. The van der Waals surface area contributed by atoms with Crippen molar-refractivity contribution in [1.29, 1.82) is 0 Å². The monoisotopic (exact) mass is 250 g/mol. The van der Waals surface area contributed by atoms with Gasteiger partial charge in [0.25, 0.3) is 0 Å². The second-order valence-electron chi connectivity index (χ2n) is 4.43. The lowest BCUT2D eigenvalue weighted by molar-refractivity contribution is -0.141. The van der Waals surface area contributed by atoms with Crippen molar-refractivity contribution in [1.82, 2.24) is 0 Å². The van der Waals surface area contributed by atoms with E-state index in [1.54, 1.807) is 7.11 Å². The summed E-state index contributed by atoms with van der Waals surface area (Å²) >= 11 is 0. The molecule has 0 spiro atoms. The van der Waals surface area contributed by atoms with Gasteiger partial charge in [0.05, 0.1) is 19.2 Å². The van der Waals surface area contributed by atoms with E-state index in [4.69, 9.17) is 18.7 Å². The quantitative estimate of drug-likeness (QED) is 0.507. The molecule has 0 aliphatic carbocycles. The molecule has 2 heterocycles. The van der Waals surface area contributed by atoms with Crippen LogP contribution in [0.1, 0.15) is 0 Å². The molecule has 0 radical (unpaired) electrons. The minimum atomic E-state index is -3.56. The zero-order valence-corrected chi connectivity index (χ0v) is 10.5. The third-order valence-electron chi connectivity index (χ3n) is 2.92. The van der Waals surface area contributed by atoms with Gasteiger partial charge in [-0.15, -0.1) is 0 Å². The van der Waals surface area contributed by atoms with Crippen LogP contribution in [0.4, 0.5) is 0 Å². The molecule has 0 amide bonds. The van der Waals surface area contributed by atoms with Crippen LogP contribution in [-0.2, 0) is 23.3 Å². The molecule has 2 aliphatic rings. The Labute approximate surface area is 95.1 Å². The number of rotatable bonds is 4. The first-order valence-electron chi connectivity index (χ1n) is 5.15. The molecular formula is C8H16BO6P. The molecular weight excluding hydrogens is 234 g/mol. The summed E-state index contributed by atoms with van der Waals surface area (Å²) < 4.78 is 32.9. The fourth-order valence-corrected chi connectivity index (χ4v) is 3.13. The molecule has 2 saturated heterocycles. The Morgan fingerprint density at radius 1 is 1.69 bits per heavy atom. The van der Waals surface area contributed by atoms with E-state index in [1.165, 1.54) is 0 Å². The maximum Gasteiger partial charge on any atom is 0.325 e. The van der Waals surface area contributed by atoms with Gasteiger partial charge in [0.15, 0.2) is 0 Å². The van der Waals surface area contributed by atoms with E-state index >= 15 is 0 Å². The van der Waals surface area contributed by atoms with E-state index in [0.717, 1.165) is 6.66 Å². The molecule has 5 atom stereocenters. The Kier molecular flexibility index (Phi) is 3.20. The highest BCUT2D eigenvalue weighted by Gasteiger charge is 2.62. The van der Waals surface area contributed by atoms with E-state index in [9.17, 15) is 9.46 Å². The van der Waals surface area contributed by atoms with Gasteiger partial charge in [0.1, 0.15) is 25.7 Å². The number of hydrogen-bond donors (Lipinski definition) is 1. The Bertz CT molecular complexity index is 320. The lowest BCUT2D eigenvalue weighted by Crippen LogP contribution is -2.45. The average Bonchev–Trinajstić information content (AvgIpc) is 2.54. The average molecular weight is 250 g/mol. The van der Waals surface area contributed by atoms with Gasteiger partial charge in [-0.05, 0) is 0 Å². The minimum absolute atomic E-state index is 0.152. The van der Waals surface area contributed by atoms with E-state index in [1.807, 2.05) is 7.85 Å². The van der Waals surface area contributed by atoms with Crippen LogP contribution in [0.5, 0.6) is 0 Å². The van der Waals surface area contributed by atoms with Crippen LogP contribution in [0, 0.1) is 0 Å². The molecule has 0 aromatic rings. The molecule has 2 unspecified atom stereocenters. The molecule has 2 fully saturated rings. The number of fused-ring (bicyclic) bond motifs is 2. The van der Waals surface area contributed by atoms with Crippen LogP contribution in [0.25, 0.3) is 0 Å². The lowest BCUT2D eigenvalue weighted by atomic mass is 9.92. The van der Waals surface area contributed by atoms with Crippen LogP contribution in [0.2, 0.25) is 0 Å². The molecule has 6 nitrogen and oxygen atoms in total. The first-order valence-corrected chi connectivity index (χ1v) is 7.17. The molecule has 92 valence electrons. The van der Waals surface area contributed by atoms with Gasteiger partial charge in [0, 0.05) is 13.8 Å². The van der Waals surface area contributed by atoms with E-state index in [-0.39, 0.29) is 12.1 Å². The van der Waals surface area contributed by atoms with Crippen molar-refractivity contribution in [2.75, 3.05) is 27.0 Å². The molecule has 8 heteroatoms. The predicted octanol–water partition coefficient (Wildman–Crippen LogP) is -1.04.